The normalized spacial score (nSPS) is 13.4. The minimum absolute atomic E-state index is 0.119. The third-order valence-electron chi connectivity index (χ3n) is 7.12. The molecule has 0 saturated carbocycles. The van der Waals surface area contributed by atoms with Crippen LogP contribution >= 0.6 is 0 Å². The molecule has 0 spiro atoms. The summed E-state index contributed by atoms with van der Waals surface area (Å²) in [6.07, 6.45) is 2.60. The zero-order chi connectivity index (χ0) is 28.8. The van der Waals surface area contributed by atoms with Gasteiger partial charge in [0.25, 0.3) is 0 Å². The van der Waals surface area contributed by atoms with Crippen molar-refractivity contribution in [3.63, 3.8) is 0 Å². The number of benzene rings is 2. The van der Waals surface area contributed by atoms with Crippen LogP contribution in [0.15, 0.2) is 60.9 Å². The fourth-order valence-corrected chi connectivity index (χ4v) is 6.56. The van der Waals surface area contributed by atoms with E-state index in [1.165, 1.54) is 4.31 Å². The molecule has 0 amide bonds. The summed E-state index contributed by atoms with van der Waals surface area (Å²) in [6.45, 7) is 12.9. The average Bonchev–Trinajstić information content (AvgIpc) is 2.88. The molecule has 1 heterocycles. The second kappa shape index (κ2) is 12.6. The molecule has 0 saturated heterocycles. The molecule has 8 nitrogen and oxygen atoms in total. The Balaban J connectivity index is 1.98. The molecule has 0 fully saturated rings. The van der Waals surface area contributed by atoms with E-state index in [1.54, 1.807) is 26.6 Å². The van der Waals surface area contributed by atoms with E-state index in [2.05, 4.69) is 43.8 Å². The number of ether oxygens (including phenoxy) is 2. The Morgan fingerprint density at radius 3 is 1.67 bits per heavy atom. The molecule has 0 aliphatic heterocycles. The molecule has 2 aromatic carbocycles. The second-order valence-electron chi connectivity index (χ2n) is 11.2. The van der Waals surface area contributed by atoms with Crippen LogP contribution in [0.1, 0.15) is 49.4 Å². The Hall–Kier alpha value is -2.79. The fraction of sp³-hybridized carbons (Fsp3) is 0.448. The van der Waals surface area contributed by atoms with Crippen molar-refractivity contribution >= 4 is 18.3 Å². The van der Waals surface area contributed by atoms with Gasteiger partial charge in [-0.3, -0.25) is 0 Å². The van der Waals surface area contributed by atoms with Gasteiger partial charge in [-0.25, -0.2) is 18.4 Å². The van der Waals surface area contributed by atoms with E-state index < -0.39 is 24.4 Å². The minimum atomic E-state index is -3.84. The van der Waals surface area contributed by atoms with Gasteiger partial charge in [0.1, 0.15) is 17.6 Å². The summed E-state index contributed by atoms with van der Waals surface area (Å²) in [6, 6.07) is 14.8. The molecule has 212 valence electrons. The van der Waals surface area contributed by atoms with E-state index >= 15 is 0 Å². The summed E-state index contributed by atoms with van der Waals surface area (Å²) in [5.74, 6) is 1.53. The number of aryl methyl sites for hydroxylation is 1. The van der Waals surface area contributed by atoms with Crippen LogP contribution in [-0.4, -0.2) is 51.0 Å². The quantitative estimate of drug-likeness (QED) is 0.250. The van der Waals surface area contributed by atoms with Gasteiger partial charge >= 0.3 is 0 Å². The van der Waals surface area contributed by atoms with Crippen molar-refractivity contribution in [3.05, 3.63) is 83.4 Å². The van der Waals surface area contributed by atoms with Gasteiger partial charge in [0, 0.05) is 25.5 Å². The lowest BCUT2D eigenvalue weighted by molar-refractivity contribution is 0.193. The van der Waals surface area contributed by atoms with Gasteiger partial charge in [-0.1, -0.05) is 45.0 Å². The van der Waals surface area contributed by atoms with Crippen LogP contribution in [-0.2, 0) is 27.5 Å². The molecule has 1 atom stereocenters. The zero-order valence-electron chi connectivity index (χ0n) is 24.3. The molecule has 3 aromatic rings. The monoisotopic (exact) mass is 571 g/mol. The summed E-state index contributed by atoms with van der Waals surface area (Å²) in [7, 11) is -2.99. The number of nitrogens with zero attached hydrogens (tertiary/aromatic N) is 3. The molecular weight excluding hydrogens is 530 g/mol. The number of hydrogen-bond acceptors (Lipinski definition) is 7. The Labute approximate surface area is 234 Å². The number of hydrogen-bond donors (Lipinski definition) is 0. The fourth-order valence-electron chi connectivity index (χ4n) is 3.68. The predicted octanol–water partition coefficient (Wildman–Crippen LogP) is 5.90. The Kier molecular flexibility index (Phi) is 9.92. The maximum Gasteiger partial charge on any atom is 0.217 e. The van der Waals surface area contributed by atoms with Crippen molar-refractivity contribution in [1.29, 1.82) is 0 Å². The first-order valence-electron chi connectivity index (χ1n) is 12.9. The SMILES string of the molecule is COc1ccc(CN(Cc2ccc(OC)cc2)S(=O)(=O)CC(O[Si](C)(C)C(C)(C)C)c2ncc(C)cn2)cc1. The molecule has 0 radical (unpaired) electrons. The topological polar surface area (TPSA) is 90.9 Å². The first kappa shape index (κ1) is 30.7. The van der Waals surface area contributed by atoms with E-state index in [0.717, 1.165) is 16.7 Å². The van der Waals surface area contributed by atoms with E-state index in [9.17, 15) is 8.42 Å². The lowest BCUT2D eigenvalue weighted by atomic mass is 10.2. The van der Waals surface area contributed by atoms with Gasteiger partial charge in [-0.2, -0.15) is 4.31 Å². The molecule has 1 aromatic heterocycles. The molecule has 0 aliphatic rings. The van der Waals surface area contributed by atoms with Crippen LogP contribution < -0.4 is 9.47 Å². The van der Waals surface area contributed by atoms with Crippen molar-refractivity contribution in [2.45, 2.75) is 65.0 Å². The smallest absolute Gasteiger partial charge is 0.217 e. The highest BCUT2D eigenvalue weighted by atomic mass is 32.2. The summed E-state index contributed by atoms with van der Waals surface area (Å²) >= 11 is 0. The number of rotatable bonds is 12. The zero-order valence-corrected chi connectivity index (χ0v) is 26.1. The Morgan fingerprint density at radius 1 is 0.846 bits per heavy atom. The molecule has 1 unspecified atom stereocenters. The van der Waals surface area contributed by atoms with Crippen molar-refractivity contribution < 1.29 is 22.3 Å². The number of aromatic nitrogens is 2. The molecule has 0 aliphatic carbocycles. The van der Waals surface area contributed by atoms with Gasteiger partial charge in [0.15, 0.2) is 14.1 Å². The minimum Gasteiger partial charge on any atom is -0.497 e. The van der Waals surface area contributed by atoms with E-state index in [0.29, 0.717) is 17.3 Å². The first-order chi connectivity index (χ1) is 18.2. The maximum absolute atomic E-state index is 14.1. The maximum atomic E-state index is 14.1. The Morgan fingerprint density at radius 2 is 1.28 bits per heavy atom. The molecule has 3 rings (SSSR count). The first-order valence-corrected chi connectivity index (χ1v) is 17.5. The highest BCUT2D eigenvalue weighted by molar-refractivity contribution is 7.89. The average molecular weight is 572 g/mol. The summed E-state index contributed by atoms with van der Waals surface area (Å²) in [5.41, 5.74) is 2.59. The molecule has 0 N–H and O–H groups in total. The lowest BCUT2D eigenvalue weighted by Gasteiger charge is -2.39. The standard InChI is InChI=1S/C29H41N3O5SSi/c1-22-17-30-28(31-18-22)27(37-39(7,8)29(2,3)4)21-38(33,34)32(19-23-9-13-25(35-5)14-10-23)20-24-11-15-26(36-6)16-12-24/h9-18,27H,19-21H2,1-8H3. The van der Waals surface area contributed by atoms with Crippen LogP contribution in [0.2, 0.25) is 18.1 Å². The largest absolute Gasteiger partial charge is 0.497 e. The lowest BCUT2D eigenvalue weighted by Crippen LogP contribution is -2.44. The van der Waals surface area contributed by atoms with Crippen LogP contribution in [0.4, 0.5) is 0 Å². The third kappa shape index (κ3) is 8.35. The number of methoxy groups -OCH3 is 2. The Bertz CT molecular complexity index is 1260. The van der Waals surface area contributed by atoms with E-state index in [4.69, 9.17) is 13.9 Å². The van der Waals surface area contributed by atoms with Gasteiger partial charge in [0.05, 0.1) is 20.0 Å². The van der Waals surface area contributed by atoms with Gasteiger partial charge in [-0.05, 0) is 66.0 Å². The van der Waals surface area contributed by atoms with Crippen LogP contribution in [0.25, 0.3) is 0 Å². The van der Waals surface area contributed by atoms with Crippen molar-refractivity contribution in [1.82, 2.24) is 14.3 Å². The molecule has 10 heteroatoms. The highest BCUT2D eigenvalue weighted by Gasteiger charge is 2.42. The van der Waals surface area contributed by atoms with E-state index in [1.807, 2.05) is 55.5 Å². The van der Waals surface area contributed by atoms with Crippen LogP contribution in [0.5, 0.6) is 11.5 Å². The van der Waals surface area contributed by atoms with Gasteiger partial charge in [-0.15, -0.1) is 0 Å². The number of sulfonamides is 1. The van der Waals surface area contributed by atoms with Crippen LogP contribution in [0, 0.1) is 6.92 Å². The predicted molar refractivity (Wildman–Crippen MR) is 157 cm³/mol. The second-order valence-corrected chi connectivity index (χ2v) is 18.0. The highest BCUT2D eigenvalue weighted by Crippen LogP contribution is 2.40. The summed E-state index contributed by atoms with van der Waals surface area (Å²) in [5, 5.41) is -0.119. The van der Waals surface area contributed by atoms with Gasteiger partial charge < -0.3 is 13.9 Å². The van der Waals surface area contributed by atoms with Gasteiger partial charge in [0.2, 0.25) is 10.0 Å². The van der Waals surface area contributed by atoms with Crippen molar-refractivity contribution in [2.75, 3.05) is 20.0 Å². The van der Waals surface area contributed by atoms with Crippen LogP contribution in [0.3, 0.4) is 0 Å². The third-order valence-corrected chi connectivity index (χ3v) is 13.4. The van der Waals surface area contributed by atoms with Crippen molar-refractivity contribution in [2.24, 2.45) is 0 Å². The summed E-state index contributed by atoms with van der Waals surface area (Å²) in [4.78, 5) is 8.94. The van der Waals surface area contributed by atoms with Crippen molar-refractivity contribution in [3.8, 4) is 11.5 Å². The molecular formula is C29H41N3O5SSi. The molecule has 39 heavy (non-hydrogen) atoms. The molecule has 0 bridgehead atoms. The van der Waals surface area contributed by atoms with E-state index in [-0.39, 0.29) is 23.9 Å². The summed E-state index contributed by atoms with van der Waals surface area (Å²) < 4.78 is 46.9.